The molecule has 0 radical (unpaired) electrons. The first-order chi connectivity index (χ1) is 13.5. The van der Waals surface area contributed by atoms with Crippen molar-refractivity contribution in [2.75, 3.05) is 7.11 Å². The highest BCUT2D eigenvalue weighted by Gasteiger charge is 2.34. The molecule has 1 aromatic heterocycles. The predicted octanol–water partition coefficient (Wildman–Crippen LogP) is 2.75. The van der Waals surface area contributed by atoms with Crippen molar-refractivity contribution in [2.24, 2.45) is 5.10 Å². The zero-order chi connectivity index (χ0) is 19.7. The van der Waals surface area contributed by atoms with Crippen LogP contribution in [0, 0.1) is 5.82 Å². The molecule has 2 aliphatic rings. The van der Waals surface area contributed by atoms with Crippen molar-refractivity contribution in [2.45, 2.75) is 13.2 Å². The number of carbonyl (C=O) groups is 1. The first kappa shape index (κ1) is 17.7. The topological polar surface area (TPSA) is 76.1 Å². The van der Waals surface area contributed by atoms with Gasteiger partial charge < -0.3 is 9.47 Å². The summed E-state index contributed by atoms with van der Waals surface area (Å²) in [5, 5.41) is 4.08. The van der Waals surface area contributed by atoms with E-state index in [2.05, 4.69) is 22.1 Å². The number of hydrogen-bond acceptors (Lipinski definition) is 6. The molecule has 0 bridgehead atoms. The standard InChI is InChI=1S/C20H17FN4O3/c1-12-3-6-18(24-23-12)25-10-13-7-16(8-17(21)19(13)20(25)26)28-11-14-4-5-15(27-2)9-22-14/h3-9,23H,1,10-11H2,2H3. The highest BCUT2D eigenvalue weighted by Crippen LogP contribution is 2.30. The maximum atomic E-state index is 14.6. The maximum Gasteiger partial charge on any atom is 0.263 e. The number of ether oxygens (including phenoxy) is 2. The van der Waals surface area contributed by atoms with E-state index >= 15 is 0 Å². The molecule has 0 atom stereocenters. The number of rotatable bonds is 4. The Hall–Kier alpha value is -3.68. The molecule has 1 N–H and O–H groups in total. The molecule has 0 spiro atoms. The molecule has 0 saturated carbocycles. The molecule has 0 aliphatic carbocycles. The van der Waals surface area contributed by atoms with Crippen molar-refractivity contribution in [3.05, 3.63) is 77.5 Å². The number of amides is 1. The number of hydrazone groups is 1. The molecule has 28 heavy (non-hydrogen) atoms. The summed E-state index contributed by atoms with van der Waals surface area (Å²) in [6, 6.07) is 6.41. The van der Waals surface area contributed by atoms with Gasteiger partial charge in [0, 0.05) is 11.8 Å². The van der Waals surface area contributed by atoms with E-state index in [9.17, 15) is 9.18 Å². The van der Waals surface area contributed by atoms with Crippen LogP contribution < -0.4 is 14.9 Å². The molecule has 3 heterocycles. The third kappa shape index (κ3) is 3.32. The first-order valence-electron chi connectivity index (χ1n) is 8.52. The normalized spacial score (nSPS) is 15.2. The molecule has 8 heteroatoms. The van der Waals surface area contributed by atoms with E-state index in [0.29, 0.717) is 34.3 Å². The summed E-state index contributed by atoms with van der Waals surface area (Å²) in [5.74, 6) is 0.312. The number of methoxy groups -OCH3 is 1. The van der Waals surface area contributed by atoms with Gasteiger partial charge in [0.05, 0.1) is 31.1 Å². The Labute approximate surface area is 160 Å². The number of aromatic nitrogens is 1. The lowest BCUT2D eigenvalue weighted by Gasteiger charge is -2.18. The molecule has 0 saturated heterocycles. The predicted molar refractivity (Wildman–Crippen MR) is 100 cm³/mol. The number of nitrogens with one attached hydrogen (secondary N) is 1. The Morgan fingerprint density at radius 3 is 2.82 bits per heavy atom. The van der Waals surface area contributed by atoms with Crippen molar-refractivity contribution >= 4 is 11.7 Å². The van der Waals surface area contributed by atoms with Crippen LogP contribution >= 0.6 is 0 Å². The van der Waals surface area contributed by atoms with Crippen molar-refractivity contribution < 1.29 is 18.7 Å². The molecule has 7 nitrogen and oxygen atoms in total. The monoisotopic (exact) mass is 380 g/mol. The molecule has 1 aromatic carbocycles. The molecule has 142 valence electrons. The number of pyridine rings is 1. The molecule has 0 fully saturated rings. The number of halogens is 1. The number of hydrogen-bond donors (Lipinski definition) is 1. The first-order valence-corrected chi connectivity index (χ1v) is 8.52. The van der Waals surface area contributed by atoms with Gasteiger partial charge in [0.2, 0.25) is 0 Å². The van der Waals surface area contributed by atoms with Crippen LogP contribution in [0.3, 0.4) is 0 Å². The number of benzene rings is 1. The summed E-state index contributed by atoms with van der Waals surface area (Å²) in [6.07, 6.45) is 4.94. The van der Waals surface area contributed by atoms with E-state index in [4.69, 9.17) is 9.47 Å². The maximum absolute atomic E-state index is 14.6. The smallest absolute Gasteiger partial charge is 0.263 e. The van der Waals surface area contributed by atoms with Gasteiger partial charge in [-0.2, -0.15) is 5.10 Å². The van der Waals surface area contributed by atoms with Gasteiger partial charge >= 0.3 is 0 Å². The largest absolute Gasteiger partial charge is 0.495 e. The second-order valence-electron chi connectivity index (χ2n) is 6.25. The van der Waals surface area contributed by atoms with E-state index < -0.39 is 11.7 Å². The Morgan fingerprint density at radius 2 is 2.14 bits per heavy atom. The molecule has 2 aliphatic heterocycles. The van der Waals surface area contributed by atoms with Crippen LogP contribution in [-0.4, -0.2) is 28.7 Å². The zero-order valence-electron chi connectivity index (χ0n) is 15.1. The van der Waals surface area contributed by atoms with Gasteiger partial charge in [0.1, 0.15) is 23.9 Å². The molecule has 1 amide bonds. The fraction of sp³-hybridized carbons (Fsp3) is 0.150. The van der Waals surface area contributed by atoms with Crippen LogP contribution in [0.2, 0.25) is 0 Å². The Balaban J connectivity index is 1.51. The third-order valence-corrected chi connectivity index (χ3v) is 4.38. The van der Waals surface area contributed by atoms with Crippen molar-refractivity contribution in [3.63, 3.8) is 0 Å². The van der Waals surface area contributed by atoms with Gasteiger partial charge in [-0.1, -0.05) is 6.58 Å². The average Bonchev–Trinajstić information content (AvgIpc) is 3.04. The Morgan fingerprint density at radius 1 is 1.29 bits per heavy atom. The highest BCUT2D eigenvalue weighted by molar-refractivity contribution is 6.13. The minimum Gasteiger partial charge on any atom is -0.495 e. The number of carbonyl (C=O) groups excluding carboxylic acids is 1. The van der Waals surface area contributed by atoms with Gasteiger partial charge in [-0.25, -0.2) is 4.39 Å². The second kappa shape index (κ2) is 7.15. The molecule has 0 unspecified atom stereocenters. The molecular formula is C20H17FN4O3. The fourth-order valence-corrected chi connectivity index (χ4v) is 2.95. The van der Waals surface area contributed by atoms with Crippen LogP contribution in [0.4, 0.5) is 4.39 Å². The lowest BCUT2D eigenvalue weighted by atomic mass is 10.1. The fourth-order valence-electron chi connectivity index (χ4n) is 2.95. The van der Waals surface area contributed by atoms with Crippen LogP contribution in [0.5, 0.6) is 11.5 Å². The minimum atomic E-state index is -0.625. The number of allylic oxidation sites excluding steroid dienone is 1. The molecular weight excluding hydrogens is 363 g/mol. The highest BCUT2D eigenvalue weighted by atomic mass is 19.1. The summed E-state index contributed by atoms with van der Waals surface area (Å²) < 4.78 is 25.3. The van der Waals surface area contributed by atoms with E-state index in [0.717, 1.165) is 0 Å². The summed E-state index contributed by atoms with van der Waals surface area (Å²) in [5.41, 5.74) is 4.58. The second-order valence-corrected chi connectivity index (χ2v) is 6.25. The summed E-state index contributed by atoms with van der Waals surface area (Å²) in [6.45, 7) is 4.09. The van der Waals surface area contributed by atoms with Crippen LogP contribution in [0.1, 0.15) is 21.6 Å². The SMILES string of the molecule is C=C1C=CC(N2Cc3cc(OCc4ccc(OC)cn4)cc(F)c3C2=O)=NN1. The van der Waals surface area contributed by atoms with Crippen molar-refractivity contribution in [1.29, 1.82) is 0 Å². The van der Waals surface area contributed by atoms with E-state index in [1.807, 2.05) is 0 Å². The Kier molecular flexibility index (Phi) is 4.52. The van der Waals surface area contributed by atoms with Crippen molar-refractivity contribution in [3.8, 4) is 11.5 Å². The minimum absolute atomic E-state index is 0.0374. The zero-order valence-corrected chi connectivity index (χ0v) is 15.1. The van der Waals surface area contributed by atoms with Gasteiger partial charge in [0.25, 0.3) is 5.91 Å². The Bertz CT molecular complexity index is 1010. The van der Waals surface area contributed by atoms with Crippen LogP contribution in [0.25, 0.3) is 0 Å². The number of fused-ring (bicyclic) bond motifs is 1. The lowest BCUT2D eigenvalue weighted by Crippen LogP contribution is -2.33. The number of amidine groups is 1. The number of nitrogens with zero attached hydrogens (tertiary/aromatic N) is 3. The van der Waals surface area contributed by atoms with Gasteiger partial charge in [-0.05, 0) is 35.9 Å². The van der Waals surface area contributed by atoms with Gasteiger partial charge in [0.15, 0.2) is 5.84 Å². The van der Waals surface area contributed by atoms with E-state index in [1.165, 1.54) is 11.0 Å². The van der Waals surface area contributed by atoms with Crippen LogP contribution in [-0.2, 0) is 13.2 Å². The lowest BCUT2D eigenvalue weighted by molar-refractivity contribution is 0.0862. The van der Waals surface area contributed by atoms with E-state index in [-0.39, 0.29) is 18.7 Å². The summed E-state index contributed by atoms with van der Waals surface area (Å²) >= 11 is 0. The van der Waals surface area contributed by atoms with Gasteiger partial charge in [-0.3, -0.25) is 20.1 Å². The van der Waals surface area contributed by atoms with Crippen LogP contribution in [0.15, 0.2) is 60.0 Å². The summed E-state index contributed by atoms with van der Waals surface area (Å²) in [4.78, 5) is 18.2. The molecule has 2 aromatic rings. The van der Waals surface area contributed by atoms with Crippen molar-refractivity contribution in [1.82, 2.24) is 15.3 Å². The van der Waals surface area contributed by atoms with Gasteiger partial charge in [-0.15, -0.1) is 0 Å². The van der Waals surface area contributed by atoms with E-state index in [1.54, 1.807) is 43.7 Å². The quantitative estimate of drug-likeness (QED) is 0.883. The third-order valence-electron chi connectivity index (χ3n) is 4.38. The summed E-state index contributed by atoms with van der Waals surface area (Å²) in [7, 11) is 1.56. The average molecular weight is 380 g/mol. The molecule has 4 rings (SSSR count).